The molecule has 0 atom stereocenters. The highest BCUT2D eigenvalue weighted by molar-refractivity contribution is 5.81. The Hall–Kier alpha value is -1.55. The molecule has 0 bridgehead atoms. The van der Waals surface area contributed by atoms with E-state index in [1.165, 1.54) is 11.1 Å². The number of rotatable bonds is 6. The molecule has 1 amide bonds. The van der Waals surface area contributed by atoms with E-state index in [0.717, 1.165) is 18.8 Å². The summed E-state index contributed by atoms with van der Waals surface area (Å²) in [6.45, 7) is 6.28. The van der Waals surface area contributed by atoms with Gasteiger partial charge in [0.05, 0.1) is 6.54 Å². The van der Waals surface area contributed by atoms with Gasteiger partial charge in [-0.2, -0.15) is 0 Å². The van der Waals surface area contributed by atoms with E-state index >= 15 is 0 Å². The third kappa shape index (κ3) is 4.24. The molecule has 4 heteroatoms. The minimum Gasteiger partial charge on any atom is -0.362 e. The maximum absolute atomic E-state index is 11.8. The maximum Gasteiger partial charge on any atom is 0.241 e. The Morgan fingerprint density at radius 1 is 1.32 bits per heavy atom. The molecule has 0 unspecified atom stereocenters. The van der Waals surface area contributed by atoms with E-state index < -0.39 is 0 Å². The minimum absolute atomic E-state index is 0.126. The van der Waals surface area contributed by atoms with Crippen molar-refractivity contribution in [1.29, 1.82) is 0 Å². The van der Waals surface area contributed by atoms with Crippen LogP contribution in [0.1, 0.15) is 18.1 Å². The van der Waals surface area contributed by atoms with E-state index in [4.69, 9.17) is 0 Å². The highest BCUT2D eigenvalue weighted by Crippen LogP contribution is 2.21. The van der Waals surface area contributed by atoms with E-state index in [-0.39, 0.29) is 5.91 Å². The van der Waals surface area contributed by atoms with Gasteiger partial charge in [-0.15, -0.1) is 0 Å². The van der Waals surface area contributed by atoms with Crippen LogP contribution in [0.2, 0.25) is 0 Å². The Balaban J connectivity index is 2.89. The molecule has 0 radical (unpaired) electrons. The number of benzene rings is 1. The van der Waals surface area contributed by atoms with Crippen LogP contribution in [-0.4, -0.2) is 45.0 Å². The quantitative estimate of drug-likeness (QED) is 0.847. The summed E-state index contributed by atoms with van der Waals surface area (Å²) in [6, 6.07) is 6.39. The first kappa shape index (κ1) is 15.5. The fraction of sp³-hybridized carbons (Fsp3) is 0.533. The van der Waals surface area contributed by atoms with Gasteiger partial charge in [0.1, 0.15) is 0 Å². The molecular weight excluding hydrogens is 238 g/mol. The number of nitrogens with one attached hydrogen (secondary N) is 1. The first-order chi connectivity index (χ1) is 8.99. The van der Waals surface area contributed by atoms with Crippen LogP contribution in [0.5, 0.6) is 0 Å². The third-order valence-electron chi connectivity index (χ3n) is 3.19. The van der Waals surface area contributed by atoms with Crippen LogP contribution in [0.3, 0.4) is 0 Å². The van der Waals surface area contributed by atoms with E-state index in [1.807, 2.05) is 7.05 Å². The van der Waals surface area contributed by atoms with Gasteiger partial charge in [-0.3, -0.25) is 4.79 Å². The molecule has 1 N–H and O–H groups in total. The summed E-state index contributed by atoms with van der Waals surface area (Å²) in [4.78, 5) is 15.6. The molecule has 0 aromatic heterocycles. The summed E-state index contributed by atoms with van der Waals surface area (Å²) in [6.07, 6.45) is 0. The van der Waals surface area contributed by atoms with Gasteiger partial charge in [-0.25, -0.2) is 0 Å². The van der Waals surface area contributed by atoms with Gasteiger partial charge in [-0.05, 0) is 38.1 Å². The number of hydrogen-bond donors (Lipinski definition) is 1. The molecule has 0 heterocycles. The molecule has 0 fully saturated rings. The lowest BCUT2D eigenvalue weighted by Gasteiger charge is -2.26. The molecule has 0 saturated heterocycles. The van der Waals surface area contributed by atoms with Crippen LogP contribution in [0.4, 0.5) is 5.69 Å². The largest absolute Gasteiger partial charge is 0.362 e. The molecule has 4 nitrogen and oxygen atoms in total. The maximum atomic E-state index is 11.8. The monoisotopic (exact) mass is 263 g/mol. The summed E-state index contributed by atoms with van der Waals surface area (Å²) in [5, 5.41) is 3.15. The van der Waals surface area contributed by atoms with E-state index in [9.17, 15) is 4.79 Å². The fourth-order valence-electron chi connectivity index (χ4n) is 2.06. The summed E-state index contributed by atoms with van der Waals surface area (Å²) in [5.41, 5.74) is 3.61. The summed E-state index contributed by atoms with van der Waals surface area (Å²) >= 11 is 0. The number of carbonyl (C=O) groups excluding carboxylic acids is 1. The SMILES string of the molecule is CCN(CC(=O)N(C)C)c1ccc(CNC)cc1C. The van der Waals surface area contributed by atoms with Gasteiger partial charge >= 0.3 is 0 Å². The third-order valence-corrected chi connectivity index (χ3v) is 3.19. The molecule has 19 heavy (non-hydrogen) atoms. The van der Waals surface area contributed by atoms with Crippen molar-refractivity contribution in [3.8, 4) is 0 Å². The van der Waals surface area contributed by atoms with Crippen molar-refractivity contribution < 1.29 is 4.79 Å². The summed E-state index contributed by atoms with van der Waals surface area (Å²) in [7, 11) is 5.52. The Morgan fingerprint density at radius 2 is 2.00 bits per heavy atom. The van der Waals surface area contributed by atoms with E-state index in [0.29, 0.717) is 6.54 Å². The normalized spacial score (nSPS) is 10.4. The molecular formula is C15H25N3O. The number of amides is 1. The molecule has 106 valence electrons. The van der Waals surface area contributed by atoms with E-state index in [2.05, 4.69) is 42.3 Å². The molecule has 0 aliphatic rings. The predicted octanol–water partition coefficient (Wildman–Crippen LogP) is 1.63. The fourth-order valence-corrected chi connectivity index (χ4v) is 2.06. The second kappa shape index (κ2) is 7.14. The molecule has 1 aromatic rings. The van der Waals surface area contributed by atoms with Crippen molar-refractivity contribution in [3.05, 3.63) is 29.3 Å². The van der Waals surface area contributed by atoms with Gasteiger partial charge in [-0.1, -0.05) is 12.1 Å². The van der Waals surface area contributed by atoms with Crippen molar-refractivity contribution in [1.82, 2.24) is 10.2 Å². The molecule has 0 spiro atoms. The van der Waals surface area contributed by atoms with E-state index in [1.54, 1.807) is 19.0 Å². The Bertz CT molecular complexity index is 429. The standard InChI is InChI=1S/C15H25N3O/c1-6-18(11-15(19)17(4)5)14-8-7-13(10-16-3)9-12(14)2/h7-9,16H,6,10-11H2,1-5H3. The van der Waals surface area contributed by atoms with Crippen molar-refractivity contribution in [2.45, 2.75) is 20.4 Å². The zero-order valence-corrected chi connectivity index (χ0v) is 12.7. The number of likely N-dealkylation sites (N-methyl/N-ethyl adjacent to an activating group) is 2. The summed E-state index contributed by atoms with van der Waals surface area (Å²) < 4.78 is 0. The molecule has 0 saturated carbocycles. The van der Waals surface area contributed by atoms with Crippen molar-refractivity contribution in [2.75, 3.05) is 39.1 Å². The smallest absolute Gasteiger partial charge is 0.241 e. The Morgan fingerprint density at radius 3 is 2.47 bits per heavy atom. The van der Waals surface area contributed by atoms with Crippen LogP contribution in [-0.2, 0) is 11.3 Å². The highest BCUT2D eigenvalue weighted by atomic mass is 16.2. The predicted molar refractivity (Wildman–Crippen MR) is 80.5 cm³/mol. The first-order valence-corrected chi connectivity index (χ1v) is 6.68. The first-order valence-electron chi connectivity index (χ1n) is 6.68. The number of carbonyl (C=O) groups is 1. The Labute approximate surface area is 116 Å². The lowest BCUT2D eigenvalue weighted by atomic mass is 10.1. The lowest BCUT2D eigenvalue weighted by molar-refractivity contribution is -0.127. The van der Waals surface area contributed by atoms with Gasteiger partial charge in [0.25, 0.3) is 0 Å². The van der Waals surface area contributed by atoms with Crippen LogP contribution in [0.15, 0.2) is 18.2 Å². The number of anilines is 1. The van der Waals surface area contributed by atoms with Crippen LogP contribution in [0, 0.1) is 6.92 Å². The second-order valence-electron chi connectivity index (χ2n) is 4.95. The van der Waals surface area contributed by atoms with Crippen molar-refractivity contribution in [3.63, 3.8) is 0 Å². The molecule has 0 aliphatic heterocycles. The average molecular weight is 263 g/mol. The van der Waals surface area contributed by atoms with Crippen LogP contribution < -0.4 is 10.2 Å². The van der Waals surface area contributed by atoms with Gasteiger partial charge in [0.15, 0.2) is 0 Å². The molecule has 0 aliphatic carbocycles. The van der Waals surface area contributed by atoms with Crippen molar-refractivity contribution in [2.24, 2.45) is 0 Å². The highest BCUT2D eigenvalue weighted by Gasteiger charge is 2.13. The number of aryl methyl sites for hydroxylation is 1. The average Bonchev–Trinajstić information content (AvgIpc) is 2.36. The van der Waals surface area contributed by atoms with Gasteiger partial charge in [0, 0.05) is 32.9 Å². The lowest BCUT2D eigenvalue weighted by Crippen LogP contribution is -2.36. The van der Waals surface area contributed by atoms with Crippen molar-refractivity contribution >= 4 is 11.6 Å². The zero-order valence-electron chi connectivity index (χ0n) is 12.7. The number of hydrogen-bond acceptors (Lipinski definition) is 3. The number of nitrogens with zero attached hydrogens (tertiary/aromatic N) is 2. The van der Waals surface area contributed by atoms with Gasteiger partial charge < -0.3 is 15.1 Å². The van der Waals surface area contributed by atoms with Gasteiger partial charge in [0.2, 0.25) is 5.91 Å². The topological polar surface area (TPSA) is 35.6 Å². The molecule has 1 rings (SSSR count). The minimum atomic E-state index is 0.126. The Kier molecular flexibility index (Phi) is 5.83. The zero-order chi connectivity index (χ0) is 14.4. The van der Waals surface area contributed by atoms with Crippen LogP contribution in [0.25, 0.3) is 0 Å². The second-order valence-corrected chi connectivity index (χ2v) is 4.95. The van der Waals surface area contributed by atoms with Crippen LogP contribution >= 0.6 is 0 Å². The summed E-state index contributed by atoms with van der Waals surface area (Å²) in [5.74, 6) is 0.126. The molecule has 1 aromatic carbocycles.